The van der Waals surface area contributed by atoms with E-state index in [1.807, 2.05) is 31.2 Å². The maximum Gasteiger partial charge on any atom is 0.433 e. The van der Waals surface area contributed by atoms with E-state index in [2.05, 4.69) is 15.3 Å². The number of nitrogens with one attached hydrogen (secondary N) is 1. The van der Waals surface area contributed by atoms with Crippen LogP contribution in [-0.2, 0) is 12.1 Å². The molecule has 0 atom stereocenters. The van der Waals surface area contributed by atoms with Gasteiger partial charge in [0.15, 0.2) is 0 Å². The second-order valence-electron chi connectivity index (χ2n) is 6.05. The minimum atomic E-state index is -4.68. The van der Waals surface area contributed by atoms with Gasteiger partial charge in [0.05, 0.1) is 23.5 Å². The third-order valence-electron chi connectivity index (χ3n) is 4.07. The van der Waals surface area contributed by atoms with Crippen LogP contribution in [0.4, 0.5) is 18.9 Å². The lowest BCUT2D eigenvalue weighted by molar-refractivity contribution is -0.141. The van der Waals surface area contributed by atoms with Gasteiger partial charge in [0.1, 0.15) is 5.69 Å². The first-order chi connectivity index (χ1) is 13.3. The first kappa shape index (κ1) is 19.8. The van der Waals surface area contributed by atoms with Crippen LogP contribution in [0.25, 0.3) is 11.1 Å². The second-order valence-corrected chi connectivity index (χ2v) is 6.32. The summed E-state index contributed by atoms with van der Waals surface area (Å²) in [5.74, 6) is -0.951. The summed E-state index contributed by atoms with van der Waals surface area (Å²) in [6.07, 6.45) is -1.65. The van der Waals surface area contributed by atoms with Gasteiger partial charge >= 0.3 is 6.18 Å². The summed E-state index contributed by atoms with van der Waals surface area (Å²) in [6.45, 7) is 1.92. The highest BCUT2D eigenvalue weighted by Gasteiger charge is 2.33. The molecule has 144 valence electrons. The van der Waals surface area contributed by atoms with Gasteiger partial charge < -0.3 is 5.32 Å². The Balaban J connectivity index is 1.98. The molecule has 0 spiro atoms. The molecular formula is C20H15ClF3N3O. The molecule has 1 N–H and O–H groups in total. The number of rotatable bonds is 4. The van der Waals surface area contributed by atoms with Gasteiger partial charge in [-0.2, -0.15) is 13.2 Å². The number of aryl methyl sites for hydroxylation is 1. The Bertz CT molecular complexity index is 1020. The van der Waals surface area contributed by atoms with Gasteiger partial charge in [-0.1, -0.05) is 24.3 Å². The zero-order chi connectivity index (χ0) is 20.3. The van der Waals surface area contributed by atoms with Gasteiger partial charge in [0.2, 0.25) is 0 Å². The SMILES string of the molecule is Cc1ccccc1-c1ccncc1NC(=O)c1cc(CCl)nc(C(F)(F)F)c1. The van der Waals surface area contributed by atoms with E-state index < -0.39 is 17.8 Å². The molecule has 2 heterocycles. The van der Waals surface area contributed by atoms with Crippen LogP contribution in [-0.4, -0.2) is 15.9 Å². The number of anilines is 1. The number of pyridine rings is 2. The van der Waals surface area contributed by atoms with Crippen molar-refractivity contribution in [2.45, 2.75) is 19.0 Å². The number of benzene rings is 1. The molecule has 3 aromatic rings. The van der Waals surface area contributed by atoms with Crippen molar-refractivity contribution in [2.75, 3.05) is 5.32 Å². The van der Waals surface area contributed by atoms with Gasteiger partial charge in [0.25, 0.3) is 5.91 Å². The maximum atomic E-state index is 13.1. The third kappa shape index (κ3) is 4.31. The summed E-state index contributed by atoms with van der Waals surface area (Å²) < 4.78 is 39.2. The van der Waals surface area contributed by atoms with Gasteiger partial charge in [-0.15, -0.1) is 11.6 Å². The van der Waals surface area contributed by atoms with Crippen LogP contribution >= 0.6 is 11.6 Å². The summed E-state index contributed by atoms with van der Waals surface area (Å²) in [5.41, 5.74) is 1.58. The van der Waals surface area contributed by atoms with Crippen LogP contribution in [0, 0.1) is 6.92 Å². The highest BCUT2D eigenvalue weighted by Crippen LogP contribution is 2.31. The Morgan fingerprint density at radius 1 is 1.14 bits per heavy atom. The molecule has 0 saturated heterocycles. The summed E-state index contributed by atoms with van der Waals surface area (Å²) in [5, 5.41) is 2.64. The molecule has 3 rings (SSSR count). The van der Waals surface area contributed by atoms with Crippen molar-refractivity contribution in [1.82, 2.24) is 9.97 Å². The van der Waals surface area contributed by atoms with Crippen LogP contribution < -0.4 is 5.32 Å². The fourth-order valence-electron chi connectivity index (χ4n) is 2.73. The number of aromatic nitrogens is 2. The quantitative estimate of drug-likeness (QED) is 0.586. The largest absolute Gasteiger partial charge is 0.433 e. The molecule has 0 saturated carbocycles. The zero-order valence-electron chi connectivity index (χ0n) is 14.7. The van der Waals surface area contributed by atoms with Crippen molar-refractivity contribution in [2.24, 2.45) is 0 Å². The van der Waals surface area contributed by atoms with Crippen molar-refractivity contribution in [3.63, 3.8) is 0 Å². The summed E-state index contributed by atoms with van der Waals surface area (Å²) >= 11 is 5.64. The van der Waals surface area contributed by atoms with Crippen LogP contribution in [0.2, 0.25) is 0 Å². The summed E-state index contributed by atoms with van der Waals surface area (Å²) in [6, 6.07) is 11.2. The van der Waals surface area contributed by atoms with Crippen molar-refractivity contribution in [3.8, 4) is 11.1 Å². The van der Waals surface area contributed by atoms with Crippen molar-refractivity contribution >= 4 is 23.2 Å². The van der Waals surface area contributed by atoms with E-state index in [1.165, 1.54) is 12.3 Å². The normalized spacial score (nSPS) is 11.3. The second kappa shape index (κ2) is 7.98. The predicted molar refractivity (Wildman–Crippen MR) is 101 cm³/mol. The molecule has 8 heteroatoms. The van der Waals surface area contributed by atoms with Crippen molar-refractivity contribution in [3.05, 3.63) is 77.4 Å². The average molecular weight is 406 g/mol. The Kier molecular flexibility index (Phi) is 5.65. The topological polar surface area (TPSA) is 54.9 Å². The average Bonchev–Trinajstić information content (AvgIpc) is 2.68. The van der Waals surface area contributed by atoms with E-state index >= 15 is 0 Å². The zero-order valence-corrected chi connectivity index (χ0v) is 15.5. The Morgan fingerprint density at radius 2 is 1.89 bits per heavy atom. The first-order valence-electron chi connectivity index (χ1n) is 8.25. The first-order valence-corrected chi connectivity index (χ1v) is 8.78. The number of carbonyl (C=O) groups excluding carboxylic acids is 1. The van der Waals surface area contributed by atoms with E-state index in [4.69, 9.17) is 11.6 Å². The standard InChI is InChI=1S/C20H15ClF3N3O/c1-12-4-2-3-5-15(12)16-6-7-25-11-17(16)27-19(28)13-8-14(10-21)26-18(9-13)20(22,23)24/h2-9,11H,10H2,1H3,(H,27,28). The minimum Gasteiger partial charge on any atom is -0.320 e. The lowest BCUT2D eigenvalue weighted by Gasteiger charge is -2.14. The number of hydrogen-bond donors (Lipinski definition) is 1. The van der Waals surface area contributed by atoms with Gasteiger partial charge in [-0.25, -0.2) is 4.98 Å². The summed E-state index contributed by atoms with van der Waals surface area (Å²) in [7, 11) is 0. The van der Waals surface area contributed by atoms with Crippen LogP contribution in [0.15, 0.2) is 54.9 Å². The molecule has 0 aliphatic rings. The van der Waals surface area contributed by atoms with E-state index in [0.29, 0.717) is 17.3 Å². The molecule has 4 nitrogen and oxygen atoms in total. The molecule has 0 fully saturated rings. The lowest BCUT2D eigenvalue weighted by atomic mass is 10.0. The monoisotopic (exact) mass is 405 g/mol. The molecule has 0 unspecified atom stereocenters. The predicted octanol–water partition coefficient (Wildman–Crippen LogP) is 5.46. The minimum absolute atomic E-state index is 0.0352. The fraction of sp³-hybridized carbons (Fsp3) is 0.150. The smallest absolute Gasteiger partial charge is 0.320 e. The third-order valence-corrected chi connectivity index (χ3v) is 4.35. The fourth-order valence-corrected chi connectivity index (χ4v) is 2.87. The molecule has 2 aromatic heterocycles. The molecule has 0 aliphatic carbocycles. The number of carbonyl (C=O) groups is 1. The number of halogens is 4. The molecule has 0 aliphatic heterocycles. The van der Waals surface area contributed by atoms with E-state index in [9.17, 15) is 18.0 Å². The summed E-state index contributed by atoms with van der Waals surface area (Å²) in [4.78, 5) is 20.1. The number of nitrogens with zero attached hydrogens (tertiary/aromatic N) is 2. The molecule has 0 bridgehead atoms. The van der Waals surface area contributed by atoms with E-state index in [0.717, 1.165) is 11.1 Å². The molecule has 1 aromatic carbocycles. The van der Waals surface area contributed by atoms with Gasteiger partial charge in [-0.05, 0) is 36.2 Å². The van der Waals surface area contributed by atoms with Crippen molar-refractivity contribution < 1.29 is 18.0 Å². The Morgan fingerprint density at radius 3 is 2.57 bits per heavy atom. The molecule has 1 amide bonds. The lowest BCUT2D eigenvalue weighted by Crippen LogP contribution is -2.17. The van der Waals surface area contributed by atoms with Crippen LogP contribution in [0.3, 0.4) is 0 Å². The number of alkyl halides is 4. The Hall–Kier alpha value is -2.93. The Labute approximate surface area is 164 Å². The highest BCUT2D eigenvalue weighted by molar-refractivity contribution is 6.17. The maximum absolute atomic E-state index is 13.1. The number of amides is 1. The number of hydrogen-bond acceptors (Lipinski definition) is 3. The molecular weight excluding hydrogens is 391 g/mol. The van der Waals surface area contributed by atoms with E-state index in [1.54, 1.807) is 12.3 Å². The highest BCUT2D eigenvalue weighted by atomic mass is 35.5. The van der Waals surface area contributed by atoms with Crippen LogP contribution in [0.1, 0.15) is 27.3 Å². The van der Waals surface area contributed by atoms with E-state index in [-0.39, 0.29) is 17.1 Å². The van der Waals surface area contributed by atoms with Crippen molar-refractivity contribution in [1.29, 1.82) is 0 Å². The van der Waals surface area contributed by atoms with Gasteiger partial charge in [0, 0.05) is 17.3 Å². The molecule has 0 radical (unpaired) electrons. The van der Waals surface area contributed by atoms with Gasteiger partial charge in [-0.3, -0.25) is 9.78 Å². The van der Waals surface area contributed by atoms with Crippen LogP contribution in [0.5, 0.6) is 0 Å². The molecule has 28 heavy (non-hydrogen) atoms.